The first-order valence-electron chi connectivity index (χ1n) is 3.87. The Morgan fingerprint density at radius 3 is 3.15 bits per heavy atom. The molecule has 1 aromatic rings. The van der Waals surface area contributed by atoms with Gasteiger partial charge in [0.05, 0.1) is 0 Å². The third-order valence-corrected chi connectivity index (χ3v) is 1.84. The summed E-state index contributed by atoms with van der Waals surface area (Å²) < 4.78 is 5.27. The van der Waals surface area contributed by atoms with Crippen LogP contribution in [0.2, 0.25) is 0 Å². The highest BCUT2D eigenvalue weighted by Crippen LogP contribution is 2.29. The number of phenols is 1. The number of benzene rings is 1. The lowest BCUT2D eigenvalue weighted by atomic mass is 10.1. The number of hydrogen-bond acceptors (Lipinski definition) is 4. The Morgan fingerprint density at radius 2 is 2.38 bits per heavy atom. The lowest BCUT2D eigenvalue weighted by Crippen LogP contribution is -2.02. The maximum absolute atomic E-state index is 9.16. The Hall–Kier alpha value is -1.71. The predicted octanol–water partition coefficient (Wildman–Crippen LogP) is 1.14. The van der Waals surface area contributed by atoms with Gasteiger partial charge in [-0.1, -0.05) is 5.16 Å². The first kappa shape index (κ1) is 7.91. The molecule has 0 atom stereocenters. The Kier molecular flexibility index (Phi) is 1.81. The Balaban J connectivity index is 2.44. The molecule has 1 aliphatic heterocycles. The Bertz CT molecular complexity index is 360. The number of hydrogen-bond donors (Lipinski definition) is 1. The Morgan fingerprint density at radius 1 is 1.54 bits per heavy atom. The van der Waals surface area contributed by atoms with Gasteiger partial charge in [-0.15, -0.1) is 0 Å². The first-order chi connectivity index (χ1) is 6.31. The lowest BCUT2D eigenvalue weighted by molar-refractivity contribution is 0.211. The van der Waals surface area contributed by atoms with Gasteiger partial charge in [-0.05, 0) is 12.1 Å². The maximum atomic E-state index is 9.16. The smallest absolute Gasteiger partial charge is 0.134 e. The number of rotatable bonds is 1. The quantitative estimate of drug-likeness (QED) is 0.657. The molecule has 2 rings (SSSR count). The molecule has 0 amide bonds. The summed E-state index contributed by atoms with van der Waals surface area (Å²) in [5.74, 6) is 0.841. The van der Waals surface area contributed by atoms with Crippen LogP contribution >= 0.6 is 0 Å². The summed E-state index contributed by atoms with van der Waals surface area (Å²) in [5, 5.41) is 13.0. The Labute approximate surface area is 75.4 Å². The van der Waals surface area contributed by atoms with Crippen LogP contribution in [0.3, 0.4) is 0 Å². The van der Waals surface area contributed by atoms with Crippen LogP contribution in [-0.4, -0.2) is 24.5 Å². The third kappa shape index (κ3) is 1.30. The zero-order valence-corrected chi connectivity index (χ0v) is 7.15. The highest BCUT2D eigenvalue weighted by atomic mass is 16.6. The molecule has 0 spiro atoms. The van der Waals surface area contributed by atoms with Crippen molar-refractivity contribution < 1.29 is 14.7 Å². The minimum absolute atomic E-state index is 0.192. The average Bonchev–Trinajstić information content (AvgIpc) is 2.49. The van der Waals surface area contributed by atoms with E-state index in [9.17, 15) is 0 Å². The molecule has 0 saturated carbocycles. The summed E-state index contributed by atoms with van der Waals surface area (Å²) >= 11 is 0. The van der Waals surface area contributed by atoms with Gasteiger partial charge >= 0.3 is 0 Å². The van der Waals surface area contributed by atoms with Crippen molar-refractivity contribution in [1.29, 1.82) is 0 Å². The van der Waals surface area contributed by atoms with Crippen LogP contribution in [0.25, 0.3) is 0 Å². The topological polar surface area (TPSA) is 51.0 Å². The van der Waals surface area contributed by atoms with Crippen molar-refractivity contribution in [2.45, 2.75) is 0 Å². The molecule has 13 heavy (non-hydrogen) atoms. The summed E-state index contributed by atoms with van der Waals surface area (Å²) in [5.41, 5.74) is 1.62. The number of ether oxygens (including phenoxy) is 1. The average molecular weight is 179 g/mol. The molecule has 68 valence electrons. The van der Waals surface area contributed by atoms with Crippen molar-refractivity contribution in [2.75, 3.05) is 13.7 Å². The van der Waals surface area contributed by atoms with Crippen LogP contribution in [0.5, 0.6) is 11.5 Å². The normalized spacial score (nSPS) is 16.8. The second-order valence-electron chi connectivity index (χ2n) is 2.69. The van der Waals surface area contributed by atoms with E-state index in [4.69, 9.17) is 9.84 Å². The van der Waals surface area contributed by atoms with E-state index in [0.717, 1.165) is 11.3 Å². The minimum atomic E-state index is 0.192. The fourth-order valence-corrected chi connectivity index (χ4v) is 1.28. The first-order valence-corrected chi connectivity index (χ1v) is 3.87. The fraction of sp³-hybridized carbons (Fsp3) is 0.222. The van der Waals surface area contributed by atoms with Crippen LogP contribution in [-0.2, 0) is 4.84 Å². The molecular formula is C9H9NO3. The molecular weight excluding hydrogens is 170 g/mol. The lowest BCUT2D eigenvalue weighted by Gasteiger charge is -1.97. The second-order valence-corrected chi connectivity index (χ2v) is 2.69. The number of nitrogens with zero attached hydrogens (tertiary/aromatic N) is 1. The van der Waals surface area contributed by atoms with Crippen molar-refractivity contribution in [3.63, 3.8) is 0 Å². The van der Waals surface area contributed by atoms with Crippen molar-refractivity contribution in [3.8, 4) is 11.5 Å². The van der Waals surface area contributed by atoms with E-state index in [1.54, 1.807) is 18.2 Å². The van der Waals surface area contributed by atoms with Gasteiger partial charge in [0, 0.05) is 11.6 Å². The van der Waals surface area contributed by atoms with Crippen LogP contribution in [0.1, 0.15) is 5.56 Å². The van der Waals surface area contributed by atoms with Crippen molar-refractivity contribution in [2.24, 2.45) is 5.16 Å². The summed E-state index contributed by atoms with van der Waals surface area (Å²) in [6, 6.07) is 4.92. The number of phenolic OH excluding ortho intramolecular Hbond substituents is 1. The van der Waals surface area contributed by atoms with Gasteiger partial charge in [0.25, 0.3) is 0 Å². The van der Waals surface area contributed by atoms with Crippen molar-refractivity contribution >= 4 is 5.71 Å². The van der Waals surface area contributed by atoms with E-state index < -0.39 is 0 Å². The largest absolute Gasteiger partial charge is 0.508 e. The highest BCUT2D eigenvalue weighted by Gasteiger charge is 2.19. The van der Waals surface area contributed by atoms with E-state index in [1.807, 2.05) is 0 Å². The molecule has 0 saturated heterocycles. The third-order valence-electron chi connectivity index (χ3n) is 1.84. The molecule has 1 N–H and O–H groups in total. The molecule has 0 aliphatic carbocycles. The molecule has 4 nitrogen and oxygen atoms in total. The van der Waals surface area contributed by atoms with Gasteiger partial charge in [-0.25, -0.2) is 0 Å². The summed E-state index contributed by atoms with van der Waals surface area (Å²) in [4.78, 5) is 4.66. The monoisotopic (exact) mass is 179 g/mol. The molecule has 0 aromatic heterocycles. The van der Waals surface area contributed by atoms with Crippen LogP contribution < -0.4 is 4.74 Å². The minimum Gasteiger partial charge on any atom is -0.508 e. The summed E-state index contributed by atoms with van der Waals surface area (Å²) in [6.45, 7) is 0.395. The molecule has 0 unspecified atom stereocenters. The van der Waals surface area contributed by atoms with Crippen LogP contribution in [0.4, 0.5) is 0 Å². The van der Waals surface area contributed by atoms with Crippen molar-refractivity contribution in [1.82, 2.24) is 0 Å². The summed E-state index contributed by atoms with van der Waals surface area (Å²) in [7, 11) is 1.49. The van der Waals surface area contributed by atoms with E-state index >= 15 is 0 Å². The van der Waals surface area contributed by atoms with E-state index in [-0.39, 0.29) is 5.75 Å². The van der Waals surface area contributed by atoms with Gasteiger partial charge < -0.3 is 14.7 Å². The molecule has 1 aliphatic rings. The zero-order valence-electron chi connectivity index (χ0n) is 7.15. The zero-order chi connectivity index (χ0) is 9.26. The number of oxime groups is 1. The molecule has 1 heterocycles. The number of fused-ring (bicyclic) bond motifs is 1. The van der Waals surface area contributed by atoms with Gasteiger partial charge in [0.15, 0.2) is 0 Å². The molecule has 0 fully saturated rings. The van der Waals surface area contributed by atoms with E-state index in [0.29, 0.717) is 12.4 Å². The maximum Gasteiger partial charge on any atom is 0.134 e. The van der Waals surface area contributed by atoms with Gasteiger partial charge in [-0.3, -0.25) is 0 Å². The van der Waals surface area contributed by atoms with Gasteiger partial charge in [-0.2, -0.15) is 0 Å². The highest BCUT2D eigenvalue weighted by molar-refractivity contribution is 6.06. The fourth-order valence-electron chi connectivity index (χ4n) is 1.28. The standard InChI is InChI=1S/C9H9NO3/c1-12-10-8-5-13-9-4-6(11)2-3-7(8)9/h2-4,11H,5H2,1H3/b10-8-. The summed E-state index contributed by atoms with van der Waals surface area (Å²) in [6.07, 6.45) is 0. The number of aromatic hydroxyl groups is 1. The molecule has 4 heteroatoms. The van der Waals surface area contributed by atoms with E-state index in [2.05, 4.69) is 9.99 Å². The molecule has 1 aromatic carbocycles. The predicted molar refractivity (Wildman–Crippen MR) is 47.1 cm³/mol. The molecule has 0 bridgehead atoms. The second kappa shape index (κ2) is 2.97. The van der Waals surface area contributed by atoms with Crippen LogP contribution in [0.15, 0.2) is 23.4 Å². The molecule has 0 radical (unpaired) electrons. The SMILES string of the molecule is CO/N=C1/COc2cc(O)ccc21. The van der Waals surface area contributed by atoms with Gasteiger partial charge in [0.1, 0.15) is 30.9 Å². The van der Waals surface area contributed by atoms with Crippen LogP contribution in [0, 0.1) is 0 Å². The van der Waals surface area contributed by atoms with Gasteiger partial charge in [0.2, 0.25) is 0 Å². The van der Waals surface area contributed by atoms with E-state index in [1.165, 1.54) is 7.11 Å². The van der Waals surface area contributed by atoms with Crippen molar-refractivity contribution in [3.05, 3.63) is 23.8 Å².